The number of fused-ring (bicyclic) bond motifs is 1. The number of rotatable bonds is 2. The van der Waals surface area contributed by atoms with Crippen molar-refractivity contribution in [3.8, 4) is 0 Å². The van der Waals surface area contributed by atoms with E-state index < -0.39 is 0 Å². The molecule has 1 aromatic rings. The Morgan fingerprint density at radius 3 is 3.00 bits per heavy atom. The third-order valence-electron chi connectivity index (χ3n) is 2.10. The third-order valence-corrected chi connectivity index (χ3v) is 2.77. The lowest BCUT2D eigenvalue weighted by atomic mass is 9.89. The molecule has 0 saturated carbocycles. The number of hydrogen-bond donors (Lipinski definition) is 0. The molecular weight excluding hydrogens is 291 g/mol. The number of carbonyl (C=O) groups excluding carboxylic acids is 1. The number of hydrogen-bond acceptors (Lipinski definition) is 2. The molecule has 2 nitrogen and oxygen atoms in total. The van der Waals surface area contributed by atoms with Crippen LogP contribution in [0, 0.1) is 3.57 Å². The van der Waals surface area contributed by atoms with Crippen LogP contribution < -0.4 is 0 Å². The summed E-state index contributed by atoms with van der Waals surface area (Å²) < 4.78 is 6.07. The number of benzene rings is 1. The Morgan fingerprint density at radius 2 is 2.29 bits per heavy atom. The molecule has 0 atom stereocenters. The second kappa shape index (κ2) is 3.73. The van der Waals surface area contributed by atoms with E-state index in [2.05, 4.69) is 22.6 Å². The van der Waals surface area contributed by atoms with Crippen LogP contribution in [0.2, 0.25) is 0 Å². The van der Waals surface area contributed by atoms with Crippen LogP contribution in [0.15, 0.2) is 18.2 Å². The van der Waals surface area contributed by atoms with Gasteiger partial charge in [0.05, 0.1) is 12.2 Å². The van der Waals surface area contributed by atoms with E-state index in [0.29, 0.717) is 12.2 Å². The van der Waals surface area contributed by atoms with Gasteiger partial charge in [-0.2, -0.15) is 0 Å². The molecule has 0 heterocycles. The molecule has 0 bridgehead atoms. The Hall–Kier alpha value is -0.840. The van der Waals surface area contributed by atoms with Crippen LogP contribution in [0.1, 0.15) is 18.1 Å². The smallest absolute Gasteiger partial charge is 0.338 e. The molecule has 0 radical (unpaired) electrons. The van der Waals surface area contributed by atoms with E-state index in [0.717, 1.165) is 14.7 Å². The van der Waals surface area contributed by atoms with Gasteiger partial charge < -0.3 is 4.74 Å². The van der Waals surface area contributed by atoms with Gasteiger partial charge >= 0.3 is 5.97 Å². The fourth-order valence-electron chi connectivity index (χ4n) is 1.42. The standard InChI is InChI=1S/C11H9IO2/c1-2-14-11(13)10-5-7-3-4-8(12)6-9(7)10/h3-6H,2H2,1H3. The molecule has 14 heavy (non-hydrogen) atoms. The van der Waals surface area contributed by atoms with Gasteiger partial charge in [-0.15, -0.1) is 0 Å². The summed E-state index contributed by atoms with van der Waals surface area (Å²) in [5.41, 5.74) is 2.82. The van der Waals surface area contributed by atoms with E-state index in [1.165, 1.54) is 0 Å². The van der Waals surface area contributed by atoms with Gasteiger partial charge in [0.25, 0.3) is 0 Å². The topological polar surface area (TPSA) is 26.3 Å². The van der Waals surface area contributed by atoms with E-state index in [1.807, 2.05) is 31.2 Å². The van der Waals surface area contributed by atoms with Gasteiger partial charge in [-0.3, -0.25) is 0 Å². The van der Waals surface area contributed by atoms with Crippen molar-refractivity contribution < 1.29 is 9.53 Å². The highest BCUT2D eigenvalue weighted by molar-refractivity contribution is 14.1. The van der Waals surface area contributed by atoms with Crippen LogP contribution in [0.5, 0.6) is 0 Å². The van der Waals surface area contributed by atoms with Gasteiger partial charge in [0.15, 0.2) is 0 Å². The molecule has 0 aliphatic heterocycles. The lowest BCUT2D eigenvalue weighted by molar-refractivity contribution is -0.136. The van der Waals surface area contributed by atoms with Crippen LogP contribution in [-0.4, -0.2) is 12.6 Å². The maximum absolute atomic E-state index is 11.4. The summed E-state index contributed by atoms with van der Waals surface area (Å²) in [4.78, 5) is 11.4. The summed E-state index contributed by atoms with van der Waals surface area (Å²) in [6.07, 6.45) is 1.86. The van der Waals surface area contributed by atoms with Gasteiger partial charge in [-0.25, -0.2) is 4.79 Å². The normalized spacial score (nSPS) is 12.6. The lowest BCUT2D eigenvalue weighted by Gasteiger charge is -2.18. The average Bonchev–Trinajstić information content (AvgIpc) is 2.11. The van der Waals surface area contributed by atoms with E-state index in [-0.39, 0.29) is 5.97 Å². The van der Waals surface area contributed by atoms with Gasteiger partial charge in [0, 0.05) is 3.57 Å². The summed E-state index contributed by atoms with van der Waals surface area (Å²) in [5.74, 6) is -0.220. The van der Waals surface area contributed by atoms with E-state index in [1.54, 1.807) is 0 Å². The predicted molar refractivity (Wildman–Crippen MR) is 63.7 cm³/mol. The van der Waals surface area contributed by atoms with Gasteiger partial charge in [-0.05, 0) is 58.9 Å². The summed E-state index contributed by atoms with van der Waals surface area (Å²) in [5, 5.41) is 0. The molecule has 0 spiro atoms. The minimum absolute atomic E-state index is 0.220. The van der Waals surface area contributed by atoms with Crippen LogP contribution in [-0.2, 0) is 9.53 Å². The van der Waals surface area contributed by atoms with Gasteiger partial charge in [0.1, 0.15) is 0 Å². The number of halogens is 1. The fourth-order valence-corrected chi connectivity index (χ4v) is 1.91. The Balaban J connectivity index is 2.24. The maximum atomic E-state index is 11.4. The van der Waals surface area contributed by atoms with Crippen molar-refractivity contribution in [1.29, 1.82) is 0 Å². The summed E-state index contributed by atoms with van der Waals surface area (Å²) >= 11 is 2.23. The first-order chi connectivity index (χ1) is 6.72. The predicted octanol–water partition coefficient (Wildman–Crippen LogP) is 2.71. The molecule has 0 aromatic heterocycles. The second-order valence-corrected chi connectivity index (χ2v) is 4.26. The highest BCUT2D eigenvalue weighted by atomic mass is 127. The van der Waals surface area contributed by atoms with E-state index >= 15 is 0 Å². The molecule has 0 fully saturated rings. The van der Waals surface area contributed by atoms with Crippen LogP contribution in [0.3, 0.4) is 0 Å². The summed E-state index contributed by atoms with van der Waals surface area (Å²) in [7, 11) is 0. The van der Waals surface area contributed by atoms with E-state index in [4.69, 9.17) is 4.74 Å². The maximum Gasteiger partial charge on any atom is 0.338 e. The Morgan fingerprint density at radius 1 is 1.50 bits per heavy atom. The minimum Gasteiger partial charge on any atom is -0.462 e. The Labute approximate surface area is 96.1 Å². The molecule has 1 aromatic carbocycles. The minimum atomic E-state index is -0.220. The zero-order chi connectivity index (χ0) is 10.1. The summed E-state index contributed by atoms with van der Waals surface area (Å²) in [6.45, 7) is 2.24. The number of carbonyl (C=O) groups is 1. The first-order valence-corrected chi connectivity index (χ1v) is 5.49. The van der Waals surface area contributed by atoms with Crippen LogP contribution in [0.25, 0.3) is 11.6 Å². The first kappa shape index (κ1) is 9.71. The highest BCUT2D eigenvalue weighted by Gasteiger charge is 2.23. The molecule has 1 aliphatic rings. The molecule has 0 N–H and O–H groups in total. The molecule has 1 aliphatic carbocycles. The van der Waals surface area contributed by atoms with Crippen molar-refractivity contribution in [2.45, 2.75) is 6.92 Å². The molecular formula is C11H9IO2. The van der Waals surface area contributed by atoms with Crippen LogP contribution in [0.4, 0.5) is 0 Å². The molecule has 3 heteroatoms. The Kier molecular flexibility index (Phi) is 2.58. The lowest BCUT2D eigenvalue weighted by Crippen LogP contribution is -2.12. The van der Waals surface area contributed by atoms with E-state index in [9.17, 15) is 4.79 Å². The number of ether oxygens (including phenoxy) is 1. The average molecular weight is 300 g/mol. The molecule has 0 unspecified atom stereocenters. The van der Waals surface area contributed by atoms with Crippen LogP contribution >= 0.6 is 22.6 Å². The quantitative estimate of drug-likeness (QED) is 0.620. The monoisotopic (exact) mass is 300 g/mol. The van der Waals surface area contributed by atoms with Crippen molar-refractivity contribution in [2.75, 3.05) is 6.61 Å². The first-order valence-electron chi connectivity index (χ1n) is 4.41. The van der Waals surface area contributed by atoms with Gasteiger partial charge in [-0.1, -0.05) is 6.07 Å². The molecule has 0 amide bonds. The Bertz CT molecular complexity index is 421. The van der Waals surface area contributed by atoms with Gasteiger partial charge in [0.2, 0.25) is 0 Å². The number of esters is 1. The molecule has 2 rings (SSSR count). The van der Waals surface area contributed by atoms with Crippen molar-refractivity contribution in [1.82, 2.24) is 0 Å². The SMILES string of the molecule is CCOC(=O)C1=Cc2ccc(I)cc21. The summed E-state index contributed by atoms with van der Waals surface area (Å²) in [6, 6.07) is 6.04. The largest absolute Gasteiger partial charge is 0.462 e. The fraction of sp³-hybridized carbons (Fsp3) is 0.182. The third kappa shape index (κ3) is 1.56. The molecule has 72 valence electrons. The van der Waals surface area contributed by atoms with Crippen molar-refractivity contribution in [3.63, 3.8) is 0 Å². The van der Waals surface area contributed by atoms with Crippen molar-refractivity contribution in [3.05, 3.63) is 32.9 Å². The zero-order valence-corrected chi connectivity index (χ0v) is 9.87. The molecule has 0 saturated heterocycles. The van der Waals surface area contributed by atoms with Crippen molar-refractivity contribution in [2.24, 2.45) is 0 Å². The zero-order valence-electron chi connectivity index (χ0n) is 7.71. The second-order valence-electron chi connectivity index (χ2n) is 3.01. The highest BCUT2D eigenvalue weighted by Crippen LogP contribution is 2.34. The van der Waals surface area contributed by atoms with Crippen molar-refractivity contribution >= 4 is 40.2 Å².